The third-order valence-corrected chi connectivity index (χ3v) is 11.3. The molecule has 0 radical (unpaired) electrons. The highest BCUT2D eigenvalue weighted by Crippen LogP contribution is 2.41. The maximum absolute atomic E-state index is 14.6. The molecule has 1 aliphatic carbocycles. The van der Waals surface area contributed by atoms with Crippen molar-refractivity contribution < 1.29 is 24.2 Å². The van der Waals surface area contributed by atoms with E-state index in [2.05, 4.69) is 65.2 Å². The molecular formula is C47H60N4O5. The van der Waals surface area contributed by atoms with E-state index in [9.17, 15) is 19.5 Å². The largest absolute Gasteiger partial charge is 0.507 e. The first-order valence-corrected chi connectivity index (χ1v) is 20.2. The second-order valence-corrected chi connectivity index (χ2v) is 18.9. The Morgan fingerprint density at radius 3 is 2.18 bits per heavy atom. The topological polar surface area (TPSA) is 120 Å². The van der Waals surface area contributed by atoms with Gasteiger partial charge in [-0.1, -0.05) is 103 Å². The number of phenolic OH excluding ortho intramolecular Hbond substituents is 1. The minimum absolute atomic E-state index is 0.0808. The van der Waals surface area contributed by atoms with Crippen LogP contribution in [0.15, 0.2) is 71.7 Å². The number of ether oxygens (including phenoxy) is 1. The van der Waals surface area contributed by atoms with Gasteiger partial charge in [-0.3, -0.25) is 14.6 Å². The Hall–Kier alpha value is -4.92. The number of esters is 1. The number of rotatable bonds is 7. The van der Waals surface area contributed by atoms with Gasteiger partial charge in [-0.2, -0.15) is 0 Å². The number of aromatic hydroxyl groups is 1. The average Bonchev–Trinajstić information content (AvgIpc) is 3.62. The molecule has 56 heavy (non-hydrogen) atoms. The minimum atomic E-state index is -0.758. The van der Waals surface area contributed by atoms with Gasteiger partial charge in [0.05, 0.1) is 23.5 Å². The second-order valence-electron chi connectivity index (χ2n) is 18.9. The highest BCUT2D eigenvalue weighted by molar-refractivity contribution is 6.09. The second kappa shape index (κ2) is 15.9. The molecule has 0 bridgehead atoms. The van der Waals surface area contributed by atoms with E-state index in [1.54, 1.807) is 39.1 Å². The Labute approximate surface area is 332 Å². The molecule has 4 unspecified atom stereocenters. The van der Waals surface area contributed by atoms with E-state index >= 15 is 0 Å². The lowest BCUT2D eigenvalue weighted by Crippen LogP contribution is -2.58. The lowest BCUT2D eigenvalue weighted by molar-refractivity contribution is -0.143. The van der Waals surface area contributed by atoms with E-state index in [0.717, 1.165) is 54.9 Å². The van der Waals surface area contributed by atoms with Crippen LogP contribution in [0, 0.1) is 10.8 Å². The van der Waals surface area contributed by atoms with E-state index in [0.29, 0.717) is 23.4 Å². The van der Waals surface area contributed by atoms with Gasteiger partial charge in [-0.25, -0.2) is 4.79 Å². The standard InChI is InChI=1S/C47H60N4O5/c1-45(2,3)36-27-31(56-43(54)47(7,8)9)25-30(40(36)52)28-48-37-21-14-15-22-38(37)49-44(55)50-41(46(4,5)6)42(53)51-24-16-23-39(51)35-26-29-17-10-11-18-32(29)33-19-12-13-20-34(33)35/h10-13,17-20,25-28,37-39,41,52H,14-16,21-24H2,1-9H3,(H2,49,50,55). The van der Waals surface area contributed by atoms with Crippen LogP contribution in [0.25, 0.3) is 21.5 Å². The zero-order valence-electron chi connectivity index (χ0n) is 34.7. The first kappa shape index (κ1) is 40.7. The van der Waals surface area contributed by atoms with Gasteiger partial charge in [-0.15, -0.1) is 0 Å². The van der Waals surface area contributed by atoms with Crippen molar-refractivity contribution in [2.24, 2.45) is 15.8 Å². The van der Waals surface area contributed by atoms with E-state index in [-0.39, 0.29) is 35.8 Å². The number of hydrogen-bond donors (Lipinski definition) is 3. The molecule has 9 nitrogen and oxygen atoms in total. The third kappa shape index (κ3) is 8.87. The monoisotopic (exact) mass is 760 g/mol. The summed E-state index contributed by atoms with van der Waals surface area (Å²) in [6.07, 6.45) is 6.75. The summed E-state index contributed by atoms with van der Waals surface area (Å²) >= 11 is 0. The molecular weight excluding hydrogens is 701 g/mol. The first-order chi connectivity index (χ1) is 26.3. The number of amides is 3. The molecule has 1 aliphatic heterocycles. The van der Waals surface area contributed by atoms with E-state index in [1.165, 1.54) is 10.8 Å². The predicted octanol–water partition coefficient (Wildman–Crippen LogP) is 9.76. The van der Waals surface area contributed by atoms with E-state index in [4.69, 9.17) is 9.73 Å². The normalized spacial score (nSPS) is 20.0. The Balaban J connectivity index is 1.21. The van der Waals surface area contributed by atoms with Crippen LogP contribution in [0.3, 0.4) is 0 Å². The molecule has 4 aromatic rings. The van der Waals surface area contributed by atoms with Gasteiger partial charge >= 0.3 is 12.0 Å². The molecule has 9 heteroatoms. The summed E-state index contributed by atoms with van der Waals surface area (Å²) < 4.78 is 5.76. The fourth-order valence-corrected chi connectivity index (χ4v) is 8.12. The zero-order valence-corrected chi connectivity index (χ0v) is 34.7. The number of urea groups is 1. The van der Waals surface area contributed by atoms with Crippen LogP contribution in [0.1, 0.15) is 124 Å². The van der Waals surface area contributed by atoms with Crippen LogP contribution >= 0.6 is 0 Å². The van der Waals surface area contributed by atoms with Gasteiger partial charge < -0.3 is 25.4 Å². The number of carbonyl (C=O) groups is 3. The Morgan fingerprint density at radius 1 is 0.839 bits per heavy atom. The van der Waals surface area contributed by atoms with E-state index < -0.39 is 28.3 Å². The molecule has 4 atom stereocenters. The number of benzene rings is 4. The van der Waals surface area contributed by atoms with Crippen LogP contribution in [0.2, 0.25) is 0 Å². The summed E-state index contributed by atoms with van der Waals surface area (Å²) in [4.78, 5) is 48.2. The Bertz CT molecular complexity index is 2140. The highest BCUT2D eigenvalue weighted by atomic mass is 16.5. The molecule has 6 rings (SSSR count). The summed E-state index contributed by atoms with van der Waals surface area (Å²) in [6.45, 7) is 18.0. The summed E-state index contributed by atoms with van der Waals surface area (Å²) in [6, 6.07) is 20.6. The maximum Gasteiger partial charge on any atom is 0.316 e. The van der Waals surface area contributed by atoms with Gasteiger partial charge in [0.15, 0.2) is 0 Å². The molecule has 0 aromatic heterocycles. The average molecular weight is 761 g/mol. The lowest BCUT2D eigenvalue weighted by atomic mass is 9.85. The van der Waals surface area contributed by atoms with Crippen molar-refractivity contribution in [2.45, 2.75) is 130 Å². The number of likely N-dealkylation sites (tertiary alicyclic amines) is 1. The Kier molecular flexibility index (Phi) is 11.6. The third-order valence-electron chi connectivity index (χ3n) is 11.3. The Morgan fingerprint density at radius 2 is 1.50 bits per heavy atom. The summed E-state index contributed by atoms with van der Waals surface area (Å²) in [5, 5.41) is 22.3. The molecule has 2 fully saturated rings. The number of aliphatic imine (C=N–C) groups is 1. The minimum Gasteiger partial charge on any atom is -0.507 e. The van der Waals surface area contributed by atoms with Crippen LogP contribution in [0.4, 0.5) is 4.79 Å². The molecule has 2 aliphatic rings. The van der Waals surface area contributed by atoms with Gasteiger partial charge in [0, 0.05) is 23.9 Å². The van der Waals surface area contributed by atoms with Crippen molar-refractivity contribution >= 4 is 45.7 Å². The zero-order chi connectivity index (χ0) is 40.6. The van der Waals surface area contributed by atoms with Gasteiger partial charge in [0.1, 0.15) is 17.5 Å². The summed E-state index contributed by atoms with van der Waals surface area (Å²) in [7, 11) is 0. The van der Waals surface area contributed by atoms with Crippen LogP contribution in [-0.4, -0.2) is 58.8 Å². The van der Waals surface area contributed by atoms with Crippen molar-refractivity contribution in [1.82, 2.24) is 15.5 Å². The summed E-state index contributed by atoms with van der Waals surface area (Å²) in [5.74, 6) is -0.0252. The fourth-order valence-electron chi connectivity index (χ4n) is 8.12. The number of nitrogens with zero attached hydrogens (tertiary/aromatic N) is 2. The highest BCUT2D eigenvalue weighted by Gasteiger charge is 2.41. The molecule has 0 spiro atoms. The van der Waals surface area contributed by atoms with Gasteiger partial charge in [-0.05, 0) is 103 Å². The number of nitrogens with one attached hydrogen (secondary N) is 2. The molecule has 298 valence electrons. The van der Waals surface area contributed by atoms with Crippen LogP contribution in [0.5, 0.6) is 11.5 Å². The number of hydrogen-bond acceptors (Lipinski definition) is 6. The molecule has 3 amide bonds. The first-order valence-electron chi connectivity index (χ1n) is 20.2. The smallest absolute Gasteiger partial charge is 0.316 e. The van der Waals surface area contributed by atoms with E-state index in [1.807, 2.05) is 46.4 Å². The van der Waals surface area contributed by atoms with Crippen molar-refractivity contribution in [1.29, 1.82) is 0 Å². The molecule has 1 heterocycles. The van der Waals surface area contributed by atoms with Crippen molar-refractivity contribution in [3.05, 3.63) is 83.4 Å². The molecule has 4 aromatic carbocycles. The predicted molar refractivity (Wildman–Crippen MR) is 226 cm³/mol. The number of carbonyl (C=O) groups excluding carboxylic acids is 3. The van der Waals surface area contributed by atoms with Gasteiger partial charge in [0.25, 0.3) is 0 Å². The van der Waals surface area contributed by atoms with Crippen molar-refractivity contribution in [3.8, 4) is 11.5 Å². The fraction of sp³-hybridized carbons (Fsp3) is 0.489. The van der Waals surface area contributed by atoms with Gasteiger partial charge in [0.2, 0.25) is 5.91 Å². The molecule has 3 N–H and O–H groups in total. The van der Waals surface area contributed by atoms with Crippen molar-refractivity contribution in [3.63, 3.8) is 0 Å². The maximum atomic E-state index is 14.6. The molecule has 1 saturated heterocycles. The number of phenols is 1. The number of fused-ring (bicyclic) bond motifs is 3. The summed E-state index contributed by atoms with van der Waals surface area (Å²) in [5.41, 5.74) is 0.547. The quantitative estimate of drug-likeness (QED) is 0.0750. The van der Waals surface area contributed by atoms with Crippen molar-refractivity contribution in [2.75, 3.05) is 6.54 Å². The molecule has 1 saturated carbocycles. The van der Waals surface area contributed by atoms with Crippen LogP contribution in [-0.2, 0) is 15.0 Å². The van der Waals surface area contributed by atoms with Crippen LogP contribution < -0.4 is 15.4 Å². The SMILES string of the molecule is CC(C)(C)C(=O)Oc1cc(C=NC2CCCCC2NC(=O)NC(C(=O)N2CCCC2c2cc3ccccc3c3ccccc23)C(C)(C)C)c(O)c(C(C)(C)C)c1. The lowest BCUT2D eigenvalue weighted by Gasteiger charge is -2.37.